The number of benzene rings is 2. The number of hydrogen-bond donors (Lipinski definition) is 1. The molecule has 1 N–H and O–H groups in total. The first kappa shape index (κ1) is 15.8. The summed E-state index contributed by atoms with van der Waals surface area (Å²) in [6, 6.07) is 16.2. The molecule has 0 saturated carbocycles. The van der Waals surface area contributed by atoms with Crippen molar-refractivity contribution in [2.45, 2.75) is 20.3 Å². The van der Waals surface area contributed by atoms with Gasteiger partial charge in [-0.1, -0.05) is 44.2 Å². The fourth-order valence-corrected chi connectivity index (χ4v) is 1.82. The highest BCUT2D eigenvalue weighted by Gasteiger charge is 2.08. The van der Waals surface area contributed by atoms with Gasteiger partial charge in [0.25, 0.3) is 0 Å². The summed E-state index contributed by atoms with van der Waals surface area (Å²) in [5.74, 6) is 0.0193. The third-order valence-corrected chi connectivity index (χ3v) is 3.07. The summed E-state index contributed by atoms with van der Waals surface area (Å²) >= 11 is 0. The quantitative estimate of drug-likeness (QED) is 0.679. The number of carbonyl (C=O) groups is 2. The van der Waals surface area contributed by atoms with Crippen LogP contribution < -0.4 is 10.1 Å². The van der Waals surface area contributed by atoms with Gasteiger partial charge in [0.05, 0.1) is 6.42 Å². The van der Waals surface area contributed by atoms with Crippen molar-refractivity contribution in [3.63, 3.8) is 0 Å². The Morgan fingerprint density at radius 3 is 2.23 bits per heavy atom. The highest BCUT2D eigenvalue weighted by Crippen LogP contribution is 2.17. The van der Waals surface area contributed by atoms with Crippen molar-refractivity contribution in [3.05, 3.63) is 60.2 Å². The van der Waals surface area contributed by atoms with Crippen LogP contribution in [0.2, 0.25) is 0 Å². The van der Waals surface area contributed by atoms with Gasteiger partial charge >= 0.3 is 5.97 Å². The van der Waals surface area contributed by atoms with Crippen LogP contribution in [0.25, 0.3) is 0 Å². The molecule has 0 heterocycles. The van der Waals surface area contributed by atoms with E-state index >= 15 is 0 Å². The van der Waals surface area contributed by atoms with Crippen LogP contribution >= 0.6 is 0 Å². The zero-order valence-electron chi connectivity index (χ0n) is 12.7. The molecule has 2 rings (SSSR count). The van der Waals surface area contributed by atoms with Crippen LogP contribution in [-0.2, 0) is 16.0 Å². The van der Waals surface area contributed by atoms with E-state index in [1.54, 1.807) is 24.3 Å². The van der Waals surface area contributed by atoms with Gasteiger partial charge in [-0.15, -0.1) is 0 Å². The standard InChI is InChI=1S/C18H19NO3/c1-13(2)18(21)19-15-8-10-16(11-9-15)22-17(20)12-14-6-4-3-5-7-14/h3-11,13H,12H2,1-2H3,(H,19,21). The van der Waals surface area contributed by atoms with Crippen molar-refractivity contribution in [1.82, 2.24) is 0 Å². The van der Waals surface area contributed by atoms with Crippen LogP contribution in [0, 0.1) is 5.92 Å². The van der Waals surface area contributed by atoms with Crippen molar-refractivity contribution in [3.8, 4) is 5.75 Å². The Labute approximate surface area is 130 Å². The number of rotatable bonds is 5. The van der Waals surface area contributed by atoms with E-state index in [2.05, 4.69) is 5.32 Å². The Kier molecular flexibility index (Phi) is 5.31. The predicted octanol–water partition coefficient (Wildman–Crippen LogP) is 3.43. The van der Waals surface area contributed by atoms with Gasteiger partial charge in [0.1, 0.15) is 5.75 Å². The number of anilines is 1. The summed E-state index contributed by atoms with van der Waals surface area (Å²) in [4.78, 5) is 23.4. The van der Waals surface area contributed by atoms with E-state index in [9.17, 15) is 9.59 Å². The summed E-state index contributed by atoms with van der Waals surface area (Å²) in [5.41, 5.74) is 1.59. The molecule has 114 valence electrons. The Balaban J connectivity index is 1.91. The van der Waals surface area contributed by atoms with Gasteiger partial charge in [0.2, 0.25) is 5.91 Å². The number of ether oxygens (including phenoxy) is 1. The third kappa shape index (κ3) is 4.74. The van der Waals surface area contributed by atoms with Crippen molar-refractivity contribution in [1.29, 1.82) is 0 Å². The van der Waals surface area contributed by atoms with Gasteiger partial charge in [-0.3, -0.25) is 9.59 Å². The van der Waals surface area contributed by atoms with Gasteiger partial charge in [0, 0.05) is 11.6 Å². The van der Waals surface area contributed by atoms with Gasteiger partial charge in [-0.2, -0.15) is 0 Å². The first-order valence-electron chi connectivity index (χ1n) is 7.20. The summed E-state index contributed by atoms with van der Waals surface area (Å²) < 4.78 is 5.27. The summed E-state index contributed by atoms with van der Waals surface area (Å²) in [6.45, 7) is 3.66. The minimum absolute atomic E-state index is 0.0474. The van der Waals surface area contributed by atoms with Crippen molar-refractivity contribution in [2.75, 3.05) is 5.32 Å². The second-order valence-corrected chi connectivity index (χ2v) is 5.30. The molecule has 4 nitrogen and oxygen atoms in total. The van der Waals surface area contributed by atoms with Crippen LogP contribution in [-0.4, -0.2) is 11.9 Å². The molecule has 2 aromatic rings. The smallest absolute Gasteiger partial charge is 0.315 e. The molecule has 0 aliphatic rings. The topological polar surface area (TPSA) is 55.4 Å². The number of nitrogens with one attached hydrogen (secondary N) is 1. The minimum atomic E-state index is -0.315. The van der Waals surface area contributed by atoms with Gasteiger partial charge in [0.15, 0.2) is 0 Å². The van der Waals surface area contributed by atoms with Crippen LogP contribution in [0.5, 0.6) is 5.75 Å². The SMILES string of the molecule is CC(C)C(=O)Nc1ccc(OC(=O)Cc2ccccc2)cc1. The highest BCUT2D eigenvalue weighted by atomic mass is 16.5. The maximum absolute atomic E-state index is 11.8. The van der Waals surface area contributed by atoms with Gasteiger partial charge < -0.3 is 10.1 Å². The number of amides is 1. The normalized spacial score (nSPS) is 10.3. The van der Waals surface area contributed by atoms with Crippen molar-refractivity contribution in [2.24, 2.45) is 5.92 Å². The van der Waals surface area contributed by atoms with Crippen LogP contribution in [0.4, 0.5) is 5.69 Å². The fourth-order valence-electron chi connectivity index (χ4n) is 1.82. The van der Waals surface area contributed by atoms with E-state index in [-0.39, 0.29) is 24.2 Å². The van der Waals surface area contributed by atoms with E-state index < -0.39 is 0 Å². The molecule has 0 spiro atoms. The molecule has 2 aromatic carbocycles. The minimum Gasteiger partial charge on any atom is -0.426 e. The van der Waals surface area contributed by atoms with Crippen LogP contribution in [0.1, 0.15) is 19.4 Å². The maximum atomic E-state index is 11.8. The molecule has 0 aliphatic heterocycles. The molecule has 0 unspecified atom stereocenters. The maximum Gasteiger partial charge on any atom is 0.315 e. The zero-order valence-corrected chi connectivity index (χ0v) is 12.7. The number of esters is 1. The van der Waals surface area contributed by atoms with Crippen molar-refractivity contribution >= 4 is 17.6 Å². The van der Waals surface area contributed by atoms with Gasteiger partial charge in [-0.25, -0.2) is 0 Å². The van der Waals surface area contributed by atoms with E-state index in [0.29, 0.717) is 11.4 Å². The zero-order chi connectivity index (χ0) is 15.9. The Bertz CT molecular complexity index is 633. The van der Waals surface area contributed by atoms with E-state index in [1.807, 2.05) is 44.2 Å². The van der Waals surface area contributed by atoms with E-state index in [1.165, 1.54) is 0 Å². The molecule has 4 heteroatoms. The molecule has 0 fully saturated rings. The predicted molar refractivity (Wildman–Crippen MR) is 85.7 cm³/mol. The molecule has 1 amide bonds. The molecule has 0 bridgehead atoms. The lowest BCUT2D eigenvalue weighted by Crippen LogP contribution is -2.17. The lowest BCUT2D eigenvalue weighted by atomic mass is 10.1. The summed E-state index contributed by atoms with van der Waals surface area (Å²) in [7, 11) is 0. The average Bonchev–Trinajstić information content (AvgIpc) is 2.50. The summed E-state index contributed by atoms with van der Waals surface area (Å²) in [6.07, 6.45) is 0.229. The van der Waals surface area contributed by atoms with Crippen LogP contribution in [0.15, 0.2) is 54.6 Å². The Hall–Kier alpha value is -2.62. The molecule has 0 saturated heterocycles. The van der Waals surface area contributed by atoms with E-state index in [4.69, 9.17) is 4.74 Å². The largest absolute Gasteiger partial charge is 0.426 e. The molecule has 0 aliphatic carbocycles. The molecule has 0 aromatic heterocycles. The number of carbonyl (C=O) groups excluding carboxylic acids is 2. The fraction of sp³-hybridized carbons (Fsp3) is 0.222. The highest BCUT2D eigenvalue weighted by molar-refractivity contribution is 5.92. The molecule has 0 atom stereocenters. The lowest BCUT2D eigenvalue weighted by molar-refractivity contribution is -0.133. The second-order valence-electron chi connectivity index (χ2n) is 5.30. The molecule has 0 radical (unpaired) electrons. The third-order valence-electron chi connectivity index (χ3n) is 3.07. The molecular formula is C18H19NO3. The van der Waals surface area contributed by atoms with Gasteiger partial charge in [-0.05, 0) is 29.8 Å². The molecule has 22 heavy (non-hydrogen) atoms. The summed E-state index contributed by atoms with van der Waals surface area (Å²) in [5, 5.41) is 2.78. The Morgan fingerprint density at radius 2 is 1.64 bits per heavy atom. The second kappa shape index (κ2) is 7.41. The monoisotopic (exact) mass is 297 g/mol. The van der Waals surface area contributed by atoms with E-state index in [0.717, 1.165) is 5.56 Å². The van der Waals surface area contributed by atoms with Crippen LogP contribution in [0.3, 0.4) is 0 Å². The number of hydrogen-bond acceptors (Lipinski definition) is 3. The lowest BCUT2D eigenvalue weighted by Gasteiger charge is -2.09. The first-order chi connectivity index (χ1) is 10.5. The first-order valence-corrected chi connectivity index (χ1v) is 7.20. The van der Waals surface area contributed by atoms with Crippen molar-refractivity contribution < 1.29 is 14.3 Å². The molecular weight excluding hydrogens is 278 g/mol. The average molecular weight is 297 g/mol. The Morgan fingerprint density at radius 1 is 1.00 bits per heavy atom.